The van der Waals surface area contributed by atoms with E-state index in [1.807, 2.05) is 13.0 Å². The number of hydrogen-bond donors (Lipinski definition) is 1. The van der Waals surface area contributed by atoms with Gasteiger partial charge in [0, 0.05) is 11.8 Å². The highest BCUT2D eigenvalue weighted by molar-refractivity contribution is 6.03. The van der Waals surface area contributed by atoms with Crippen LogP contribution in [0.15, 0.2) is 57.7 Å². The molecule has 0 saturated heterocycles. The summed E-state index contributed by atoms with van der Waals surface area (Å²) in [4.78, 5) is 24.4. The van der Waals surface area contributed by atoms with Crippen molar-refractivity contribution in [3.63, 3.8) is 0 Å². The molecular weight excluding hydrogens is 294 g/mol. The minimum atomic E-state index is -0.475. The molecule has 0 atom stereocenters. The average Bonchev–Trinajstić information content (AvgIpc) is 2.56. The predicted molar refractivity (Wildman–Crippen MR) is 88.2 cm³/mol. The van der Waals surface area contributed by atoms with Gasteiger partial charge in [-0.1, -0.05) is 12.1 Å². The third-order valence-electron chi connectivity index (χ3n) is 3.52. The maximum absolute atomic E-state index is 12.3. The number of anilines is 1. The molecule has 0 unspecified atom stereocenters. The number of rotatable bonds is 3. The van der Waals surface area contributed by atoms with E-state index in [1.165, 1.54) is 6.07 Å². The number of hydrogen-bond acceptors (Lipinski definition) is 4. The minimum Gasteiger partial charge on any atom is -0.497 e. The Hall–Kier alpha value is -3.08. The van der Waals surface area contributed by atoms with Crippen LogP contribution in [0, 0.1) is 6.92 Å². The molecule has 0 aliphatic heterocycles. The second-order valence-electron chi connectivity index (χ2n) is 5.11. The molecule has 0 radical (unpaired) electrons. The summed E-state index contributed by atoms with van der Waals surface area (Å²) >= 11 is 0. The number of carbonyl (C=O) groups excluding carboxylic acids is 1. The van der Waals surface area contributed by atoms with Gasteiger partial charge in [-0.3, -0.25) is 9.59 Å². The zero-order valence-electron chi connectivity index (χ0n) is 12.8. The second-order valence-corrected chi connectivity index (χ2v) is 5.11. The quantitative estimate of drug-likeness (QED) is 0.805. The van der Waals surface area contributed by atoms with Crippen molar-refractivity contribution in [2.75, 3.05) is 12.4 Å². The van der Waals surface area contributed by atoms with E-state index < -0.39 is 5.91 Å². The summed E-state index contributed by atoms with van der Waals surface area (Å²) in [5.74, 6) is 0.195. The van der Waals surface area contributed by atoms with E-state index in [2.05, 4.69) is 5.32 Å². The molecular formula is C18H15NO4. The van der Waals surface area contributed by atoms with Gasteiger partial charge >= 0.3 is 0 Å². The van der Waals surface area contributed by atoms with Gasteiger partial charge in [0.15, 0.2) is 11.2 Å². The van der Waals surface area contributed by atoms with E-state index in [9.17, 15) is 9.59 Å². The predicted octanol–water partition coefficient (Wildman–Crippen LogP) is 3.36. The highest BCUT2D eigenvalue weighted by Crippen LogP contribution is 2.19. The number of carbonyl (C=O) groups is 1. The van der Waals surface area contributed by atoms with Crippen molar-refractivity contribution in [3.8, 4) is 5.75 Å². The Bertz CT molecular complexity index is 926. The lowest BCUT2D eigenvalue weighted by Crippen LogP contribution is -2.15. The summed E-state index contributed by atoms with van der Waals surface area (Å²) < 4.78 is 10.7. The molecule has 116 valence electrons. The largest absolute Gasteiger partial charge is 0.497 e. The molecule has 3 rings (SSSR count). The van der Waals surface area contributed by atoms with Crippen molar-refractivity contribution < 1.29 is 13.9 Å². The smallest absolute Gasteiger partial charge is 0.291 e. The summed E-state index contributed by atoms with van der Waals surface area (Å²) in [6, 6.07) is 13.4. The fraction of sp³-hybridized carbons (Fsp3) is 0.111. The van der Waals surface area contributed by atoms with Gasteiger partial charge in [0.2, 0.25) is 0 Å². The normalized spacial score (nSPS) is 10.5. The van der Waals surface area contributed by atoms with Gasteiger partial charge in [0.1, 0.15) is 11.3 Å². The van der Waals surface area contributed by atoms with Gasteiger partial charge in [-0.15, -0.1) is 0 Å². The summed E-state index contributed by atoms with van der Waals surface area (Å²) in [5, 5.41) is 3.16. The number of ether oxygens (including phenoxy) is 1. The lowest BCUT2D eigenvalue weighted by atomic mass is 10.1. The van der Waals surface area contributed by atoms with Gasteiger partial charge in [-0.25, -0.2) is 0 Å². The Kier molecular flexibility index (Phi) is 3.85. The average molecular weight is 309 g/mol. The topological polar surface area (TPSA) is 68.5 Å². The summed E-state index contributed by atoms with van der Waals surface area (Å²) in [6.07, 6.45) is 0. The third-order valence-corrected chi connectivity index (χ3v) is 3.52. The Morgan fingerprint density at radius 3 is 2.57 bits per heavy atom. The molecule has 2 aromatic carbocycles. The third kappa shape index (κ3) is 2.94. The number of nitrogens with one attached hydrogen (secondary N) is 1. The van der Waals surface area contributed by atoms with Gasteiger partial charge < -0.3 is 14.5 Å². The maximum atomic E-state index is 12.3. The zero-order valence-corrected chi connectivity index (χ0v) is 12.8. The Morgan fingerprint density at radius 1 is 1.13 bits per heavy atom. The number of methoxy groups -OCH3 is 1. The second kappa shape index (κ2) is 5.96. The van der Waals surface area contributed by atoms with Gasteiger partial charge in [-0.05, 0) is 42.8 Å². The van der Waals surface area contributed by atoms with E-state index in [0.29, 0.717) is 22.4 Å². The number of para-hydroxylation sites is 1. The summed E-state index contributed by atoms with van der Waals surface area (Å²) in [7, 11) is 1.57. The van der Waals surface area contributed by atoms with E-state index in [0.717, 1.165) is 5.56 Å². The van der Waals surface area contributed by atoms with Crippen LogP contribution < -0.4 is 15.5 Å². The zero-order chi connectivity index (χ0) is 16.4. The first-order valence-corrected chi connectivity index (χ1v) is 7.07. The highest BCUT2D eigenvalue weighted by Gasteiger charge is 2.13. The van der Waals surface area contributed by atoms with Gasteiger partial charge in [0.25, 0.3) is 5.91 Å². The van der Waals surface area contributed by atoms with E-state index in [4.69, 9.17) is 9.15 Å². The van der Waals surface area contributed by atoms with Crippen molar-refractivity contribution >= 4 is 22.6 Å². The molecule has 5 nitrogen and oxygen atoms in total. The monoisotopic (exact) mass is 309 g/mol. The first kappa shape index (κ1) is 14.8. The standard InChI is InChI=1S/C18H15NO4/c1-11-4-3-5-14-15(20)10-16(23-17(11)14)18(21)19-12-6-8-13(22-2)9-7-12/h3-10H,1-2H3,(H,19,21). The highest BCUT2D eigenvalue weighted by atomic mass is 16.5. The van der Waals surface area contributed by atoms with Crippen LogP contribution in [-0.2, 0) is 0 Å². The minimum absolute atomic E-state index is 0.0207. The maximum Gasteiger partial charge on any atom is 0.291 e. The summed E-state index contributed by atoms with van der Waals surface area (Å²) in [5.41, 5.74) is 1.58. The van der Waals surface area contributed by atoms with Crippen LogP contribution in [0.5, 0.6) is 5.75 Å². The van der Waals surface area contributed by atoms with Gasteiger partial charge in [-0.2, -0.15) is 0 Å². The van der Waals surface area contributed by atoms with Crippen LogP contribution in [0.2, 0.25) is 0 Å². The molecule has 23 heavy (non-hydrogen) atoms. The van der Waals surface area contributed by atoms with Gasteiger partial charge in [0.05, 0.1) is 12.5 Å². The molecule has 0 bridgehead atoms. The van der Waals surface area contributed by atoms with Crippen molar-refractivity contribution in [3.05, 3.63) is 70.1 Å². The molecule has 0 aliphatic rings. The van der Waals surface area contributed by atoms with E-state index in [-0.39, 0.29) is 11.2 Å². The number of benzene rings is 2. The number of fused-ring (bicyclic) bond motifs is 1. The summed E-state index contributed by atoms with van der Waals surface area (Å²) in [6.45, 7) is 1.83. The number of amides is 1. The Balaban J connectivity index is 1.94. The van der Waals surface area contributed by atoms with E-state index >= 15 is 0 Å². The fourth-order valence-corrected chi connectivity index (χ4v) is 2.30. The Morgan fingerprint density at radius 2 is 1.87 bits per heavy atom. The van der Waals surface area contributed by atoms with Crippen molar-refractivity contribution in [1.82, 2.24) is 0 Å². The van der Waals surface area contributed by atoms with Crippen LogP contribution in [0.1, 0.15) is 16.1 Å². The van der Waals surface area contributed by atoms with Crippen LogP contribution in [0.25, 0.3) is 11.0 Å². The lowest BCUT2D eigenvalue weighted by molar-refractivity contribution is 0.0997. The first-order chi connectivity index (χ1) is 11.1. The van der Waals surface area contributed by atoms with Crippen molar-refractivity contribution in [2.24, 2.45) is 0 Å². The van der Waals surface area contributed by atoms with E-state index in [1.54, 1.807) is 43.5 Å². The molecule has 0 fully saturated rings. The molecule has 1 N–H and O–H groups in total. The molecule has 0 saturated carbocycles. The molecule has 5 heteroatoms. The van der Waals surface area contributed by atoms with Crippen LogP contribution in [-0.4, -0.2) is 13.0 Å². The molecule has 0 spiro atoms. The molecule has 1 aromatic heterocycles. The van der Waals surface area contributed by atoms with Crippen molar-refractivity contribution in [1.29, 1.82) is 0 Å². The Labute approximate surface area is 132 Å². The molecule has 1 amide bonds. The first-order valence-electron chi connectivity index (χ1n) is 7.07. The van der Waals surface area contributed by atoms with Crippen LogP contribution in [0.3, 0.4) is 0 Å². The molecule has 1 heterocycles. The lowest BCUT2D eigenvalue weighted by Gasteiger charge is -2.07. The number of aryl methyl sites for hydroxylation is 1. The fourth-order valence-electron chi connectivity index (χ4n) is 2.30. The van der Waals surface area contributed by atoms with Crippen LogP contribution >= 0.6 is 0 Å². The van der Waals surface area contributed by atoms with Crippen LogP contribution in [0.4, 0.5) is 5.69 Å². The molecule has 0 aliphatic carbocycles. The van der Waals surface area contributed by atoms with Crippen molar-refractivity contribution in [2.45, 2.75) is 6.92 Å². The SMILES string of the molecule is COc1ccc(NC(=O)c2cc(=O)c3cccc(C)c3o2)cc1. The molecule has 3 aromatic rings.